The topological polar surface area (TPSA) is 56.7 Å². The quantitative estimate of drug-likeness (QED) is 0.582. The maximum absolute atomic E-state index is 11.8. The Bertz CT molecular complexity index is 454. The van der Waals surface area contributed by atoms with Crippen LogP contribution in [-0.2, 0) is 4.79 Å². The molecule has 130 valence electrons. The van der Waals surface area contributed by atoms with Crippen molar-refractivity contribution >= 4 is 11.9 Å². The summed E-state index contributed by atoms with van der Waals surface area (Å²) in [5, 5.41) is 6.93. The van der Waals surface area contributed by atoms with Crippen molar-refractivity contribution < 1.29 is 4.79 Å². The summed E-state index contributed by atoms with van der Waals surface area (Å²) in [5.74, 6) is 2.14. The smallest absolute Gasteiger partial charge is 0.222 e. The van der Waals surface area contributed by atoms with Crippen molar-refractivity contribution in [2.45, 2.75) is 64.8 Å². The van der Waals surface area contributed by atoms with Gasteiger partial charge in [0, 0.05) is 38.6 Å². The molecule has 0 aromatic heterocycles. The van der Waals surface area contributed by atoms with Crippen LogP contribution in [0.3, 0.4) is 0 Å². The molecule has 0 aromatic rings. The summed E-state index contributed by atoms with van der Waals surface area (Å²) in [7, 11) is 0. The fraction of sp³-hybridized carbons (Fsp3) is 0.889. The predicted molar refractivity (Wildman–Crippen MR) is 93.4 cm³/mol. The van der Waals surface area contributed by atoms with E-state index >= 15 is 0 Å². The van der Waals surface area contributed by atoms with Crippen LogP contribution in [0.1, 0.15) is 58.8 Å². The minimum atomic E-state index is 0.262. The third kappa shape index (κ3) is 3.81. The minimum Gasteiger partial charge on any atom is -0.357 e. The van der Waals surface area contributed by atoms with Crippen molar-refractivity contribution in [3.8, 4) is 0 Å². The number of nitrogens with one attached hydrogen (secondary N) is 2. The molecule has 1 heterocycles. The second-order valence-corrected chi connectivity index (χ2v) is 7.51. The Hall–Kier alpha value is -1.26. The van der Waals surface area contributed by atoms with E-state index in [0.717, 1.165) is 44.5 Å². The Labute approximate surface area is 140 Å². The molecule has 1 atom stereocenters. The van der Waals surface area contributed by atoms with Gasteiger partial charge in [-0.2, -0.15) is 0 Å². The van der Waals surface area contributed by atoms with Gasteiger partial charge in [0.2, 0.25) is 5.91 Å². The maximum Gasteiger partial charge on any atom is 0.222 e. The van der Waals surface area contributed by atoms with Crippen LogP contribution in [0.5, 0.6) is 0 Å². The Morgan fingerprint density at radius 2 is 2.04 bits per heavy atom. The lowest BCUT2D eigenvalue weighted by molar-refractivity contribution is -0.129. The highest BCUT2D eigenvalue weighted by atomic mass is 16.2. The predicted octanol–water partition coefficient (Wildman–Crippen LogP) is 2.13. The first-order valence-electron chi connectivity index (χ1n) is 9.49. The summed E-state index contributed by atoms with van der Waals surface area (Å²) in [6.45, 7) is 7.58. The summed E-state index contributed by atoms with van der Waals surface area (Å²) < 4.78 is 0. The van der Waals surface area contributed by atoms with Gasteiger partial charge < -0.3 is 15.5 Å². The van der Waals surface area contributed by atoms with Gasteiger partial charge in [0.05, 0.1) is 0 Å². The molecule has 1 unspecified atom stereocenters. The van der Waals surface area contributed by atoms with E-state index in [2.05, 4.69) is 17.6 Å². The first-order chi connectivity index (χ1) is 11.2. The summed E-state index contributed by atoms with van der Waals surface area (Å²) >= 11 is 0. The number of guanidine groups is 1. The van der Waals surface area contributed by atoms with Crippen molar-refractivity contribution in [1.82, 2.24) is 15.5 Å². The zero-order chi connectivity index (χ0) is 16.3. The van der Waals surface area contributed by atoms with Crippen LogP contribution in [0.15, 0.2) is 4.99 Å². The van der Waals surface area contributed by atoms with Crippen LogP contribution in [0.25, 0.3) is 0 Å². The third-order valence-corrected chi connectivity index (χ3v) is 5.87. The molecule has 3 fully saturated rings. The molecule has 0 radical (unpaired) electrons. The van der Waals surface area contributed by atoms with Gasteiger partial charge in [0.15, 0.2) is 5.96 Å². The zero-order valence-corrected chi connectivity index (χ0v) is 14.7. The largest absolute Gasteiger partial charge is 0.357 e. The van der Waals surface area contributed by atoms with E-state index in [0.29, 0.717) is 17.9 Å². The average molecular weight is 320 g/mol. The first-order valence-corrected chi connectivity index (χ1v) is 9.49. The Morgan fingerprint density at radius 3 is 2.61 bits per heavy atom. The van der Waals surface area contributed by atoms with Gasteiger partial charge >= 0.3 is 0 Å². The van der Waals surface area contributed by atoms with Gasteiger partial charge in [-0.25, -0.2) is 0 Å². The van der Waals surface area contributed by atoms with Crippen LogP contribution in [-0.4, -0.2) is 49.0 Å². The standard InChI is InChI=1S/C18H32N4O/c1-3-16(23)22-11-8-15(12-22)21-17(19-4-2)20-13-18(9-5-10-18)14-6-7-14/h14-15H,3-13H2,1-2H3,(H2,19,20,21). The lowest BCUT2D eigenvalue weighted by Crippen LogP contribution is -2.46. The number of hydrogen-bond acceptors (Lipinski definition) is 2. The number of hydrogen-bond donors (Lipinski definition) is 2. The van der Waals surface area contributed by atoms with Crippen LogP contribution in [0, 0.1) is 11.3 Å². The average Bonchev–Trinajstić information content (AvgIpc) is 3.25. The van der Waals surface area contributed by atoms with E-state index < -0.39 is 0 Å². The molecular formula is C18H32N4O. The zero-order valence-electron chi connectivity index (χ0n) is 14.7. The normalized spacial score (nSPS) is 26.8. The molecule has 0 aromatic carbocycles. The van der Waals surface area contributed by atoms with E-state index in [4.69, 9.17) is 4.99 Å². The number of carbonyl (C=O) groups is 1. The van der Waals surface area contributed by atoms with Crippen molar-refractivity contribution in [2.24, 2.45) is 16.3 Å². The van der Waals surface area contributed by atoms with E-state index in [9.17, 15) is 4.79 Å². The number of carbonyl (C=O) groups excluding carboxylic acids is 1. The molecule has 2 N–H and O–H groups in total. The Balaban J connectivity index is 1.54. The van der Waals surface area contributed by atoms with Gasteiger partial charge in [-0.1, -0.05) is 13.3 Å². The number of amides is 1. The molecule has 1 aliphatic heterocycles. The minimum absolute atomic E-state index is 0.262. The molecular weight excluding hydrogens is 288 g/mol. The highest BCUT2D eigenvalue weighted by Gasteiger charge is 2.48. The highest BCUT2D eigenvalue weighted by Crippen LogP contribution is 2.57. The van der Waals surface area contributed by atoms with Crippen molar-refractivity contribution in [1.29, 1.82) is 0 Å². The van der Waals surface area contributed by atoms with Crippen molar-refractivity contribution in [2.75, 3.05) is 26.2 Å². The molecule has 2 saturated carbocycles. The van der Waals surface area contributed by atoms with Gasteiger partial charge in [0.25, 0.3) is 0 Å². The lowest BCUT2D eigenvalue weighted by atomic mass is 9.65. The highest BCUT2D eigenvalue weighted by molar-refractivity contribution is 5.80. The monoisotopic (exact) mass is 320 g/mol. The van der Waals surface area contributed by atoms with Gasteiger partial charge in [-0.05, 0) is 50.4 Å². The molecule has 2 aliphatic carbocycles. The van der Waals surface area contributed by atoms with Gasteiger partial charge in [-0.3, -0.25) is 9.79 Å². The van der Waals surface area contributed by atoms with E-state index in [1.54, 1.807) is 0 Å². The van der Waals surface area contributed by atoms with E-state index in [1.807, 2.05) is 11.8 Å². The fourth-order valence-electron chi connectivity index (χ4n) is 4.10. The Kier molecular flexibility index (Phi) is 5.12. The summed E-state index contributed by atoms with van der Waals surface area (Å²) in [6, 6.07) is 0.335. The number of likely N-dealkylation sites (tertiary alicyclic amines) is 1. The molecule has 3 aliphatic rings. The van der Waals surface area contributed by atoms with E-state index in [-0.39, 0.29) is 5.91 Å². The SMILES string of the molecule is CCNC(=NCC1(C2CC2)CCC1)NC1CCN(C(=O)CC)C1. The second-order valence-electron chi connectivity index (χ2n) is 7.51. The lowest BCUT2D eigenvalue weighted by Gasteiger charge is -2.41. The summed E-state index contributed by atoms with van der Waals surface area (Å²) in [4.78, 5) is 18.7. The molecule has 1 amide bonds. The number of rotatable bonds is 6. The molecule has 0 spiro atoms. The number of nitrogens with zero attached hydrogens (tertiary/aromatic N) is 2. The van der Waals surface area contributed by atoms with Crippen LogP contribution < -0.4 is 10.6 Å². The number of aliphatic imine (C=N–C) groups is 1. The van der Waals surface area contributed by atoms with Crippen LogP contribution in [0.2, 0.25) is 0 Å². The second kappa shape index (κ2) is 7.10. The third-order valence-electron chi connectivity index (χ3n) is 5.87. The molecule has 3 rings (SSSR count). The summed E-state index contributed by atoms with van der Waals surface area (Å²) in [5.41, 5.74) is 0.516. The van der Waals surface area contributed by atoms with Crippen molar-refractivity contribution in [3.05, 3.63) is 0 Å². The molecule has 0 bridgehead atoms. The van der Waals surface area contributed by atoms with E-state index in [1.165, 1.54) is 32.1 Å². The first kappa shape index (κ1) is 16.6. The van der Waals surface area contributed by atoms with Crippen LogP contribution >= 0.6 is 0 Å². The molecule has 23 heavy (non-hydrogen) atoms. The van der Waals surface area contributed by atoms with Gasteiger partial charge in [-0.15, -0.1) is 0 Å². The fourth-order valence-corrected chi connectivity index (χ4v) is 4.10. The maximum atomic E-state index is 11.8. The summed E-state index contributed by atoms with van der Waals surface area (Å²) in [6.07, 6.45) is 8.55. The molecule has 1 saturated heterocycles. The van der Waals surface area contributed by atoms with Crippen molar-refractivity contribution in [3.63, 3.8) is 0 Å². The Morgan fingerprint density at radius 1 is 1.26 bits per heavy atom. The van der Waals surface area contributed by atoms with Gasteiger partial charge in [0.1, 0.15) is 0 Å². The van der Waals surface area contributed by atoms with Crippen LogP contribution in [0.4, 0.5) is 0 Å². The molecule has 5 nitrogen and oxygen atoms in total. The molecule has 5 heteroatoms.